The van der Waals surface area contributed by atoms with Crippen LogP contribution < -0.4 is 0 Å². The number of hydrogen-bond donors (Lipinski definition) is 6. The van der Waals surface area contributed by atoms with Crippen LogP contribution in [-0.2, 0) is 28.5 Å². The fourth-order valence-electron chi connectivity index (χ4n) is 4.98. The molecule has 4 aliphatic rings. The van der Waals surface area contributed by atoms with E-state index in [0.29, 0.717) is 24.8 Å². The van der Waals surface area contributed by atoms with Crippen LogP contribution in [-0.4, -0.2) is 118 Å². The number of ether oxygens (including phenoxy) is 5. The molecule has 0 aromatic carbocycles. The van der Waals surface area contributed by atoms with E-state index in [1.165, 1.54) is 0 Å². The van der Waals surface area contributed by atoms with Crippen LogP contribution in [0, 0.1) is 0 Å². The summed E-state index contributed by atoms with van der Waals surface area (Å²) in [5.74, 6) is -0.306. The number of hydrogen-bond acceptors (Lipinski definition) is 12. The first-order valence-corrected chi connectivity index (χ1v) is 12.8. The predicted octanol–water partition coefficient (Wildman–Crippen LogP) is -1.04. The molecular formula is C26H38O12. The van der Waals surface area contributed by atoms with Gasteiger partial charge in [-0.1, -0.05) is 17.7 Å². The second-order valence-electron chi connectivity index (χ2n) is 10.4. The summed E-state index contributed by atoms with van der Waals surface area (Å²) in [5, 5.41) is 60.7. The Kier molecular flexibility index (Phi) is 9.41. The third kappa shape index (κ3) is 6.20. The van der Waals surface area contributed by atoms with Gasteiger partial charge in [-0.05, 0) is 44.3 Å². The van der Waals surface area contributed by atoms with E-state index >= 15 is 0 Å². The van der Waals surface area contributed by atoms with Crippen molar-refractivity contribution >= 4 is 5.97 Å². The molecule has 0 unspecified atom stereocenters. The van der Waals surface area contributed by atoms with Gasteiger partial charge in [0.1, 0.15) is 42.2 Å². The van der Waals surface area contributed by atoms with Gasteiger partial charge in [-0.25, -0.2) is 4.79 Å². The zero-order chi connectivity index (χ0) is 27.6. The van der Waals surface area contributed by atoms with Crippen molar-refractivity contribution in [3.63, 3.8) is 0 Å². The van der Waals surface area contributed by atoms with Crippen LogP contribution in [0.5, 0.6) is 0 Å². The summed E-state index contributed by atoms with van der Waals surface area (Å²) >= 11 is 0. The van der Waals surface area contributed by atoms with Gasteiger partial charge in [0.2, 0.25) is 0 Å². The summed E-state index contributed by atoms with van der Waals surface area (Å²) in [5.41, 5.74) is 1.69. The van der Waals surface area contributed by atoms with Crippen LogP contribution in [0.3, 0.4) is 0 Å². The molecule has 3 heterocycles. The van der Waals surface area contributed by atoms with Crippen molar-refractivity contribution in [1.29, 1.82) is 0 Å². The first-order valence-electron chi connectivity index (χ1n) is 12.8. The molecule has 0 radical (unpaired) electrons. The van der Waals surface area contributed by atoms with E-state index in [1.807, 2.05) is 13.0 Å². The lowest BCUT2D eigenvalue weighted by atomic mass is 9.94. The van der Waals surface area contributed by atoms with Crippen molar-refractivity contribution in [1.82, 2.24) is 0 Å². The van der Waals surface area contributed by atoms with Gasteiger partial charge in [0.25, 0.3) is 0 Å². The van der Waals surface area contributed by atoms with Crippen LogP contribution in [0.1, 0.15) is 39.5 Å². The van der Waals surface area contributed by atoms with Gasteiger partial charge in [0.05, 0.1) is 26.4 Å². The van der Waals surface area contributed by atoms with E-state index in [4.69, 9.17) is 23.7 Å². The number of esters is 1. The molecule has 3 aliphatic heterocycles. The molecule has 1 aliphatic carbocycles. The normalized spacial score (nSPS) is 43.2. The van der Waals surface area contributed by atoms with Crippen molar-refractivity contribution in [2.75, 3.05) is 26.4 Å². The van der Waals surface area contributed by atoms with Gasteiger partial charge in [-0.2, -0.15) is 0 Å². The molecule has 12 heteroatoms. The number of aliphatic hydroxyl groups is 6. The molecule has 0 saturated carbocycles. The third-order valence-corrected chi connectivity index (χ3v) is 7.61. The summed E-state index contributed by atoms with van der Waals surface area (Å²) < 4.78 is 27.7. The number of fused-ring (bicyclic) bond motifs is 1. The molecule has 0 aromatic heterocycles. The smallest absolute Gasteiger partial charge is 0.334 e. The van der Waals surface area contributed by atoms with E-state index < -0.39 is 55.3 Å². The van der Waals surface area contributed by atoms with Crippen molar-refractivity contribution in [3.8, 4) is 0 Å². The van der Waals surface area contributed by atoms with Crippen LogP contribution in [0.15, 0.2) is 34.4 Å². The van der Waals surface area contributed by atoms with Crippen molar-refractivity contribution in [2.24, 2.45) is 0 Å². The molecule has 2 fully saturated rings. The topological polar surface area (TPSA) is 185 Å². The van der Waals surface area contributed by atoms with Crippen molar-refractivity contribution < 1.29 is 59.1 Å². The minimum absolute atomic E-state index is 0.0742. The summed E-state index contributed by atoms with van der Waals surface area (Å²) in [6.07, 6.45) is -3.52. The van der Waals surface area contributed by atoms with Crippen molar-refractivity contribution in [3.05, 3.63) is 34.4 Å². The summed E-state index contributed by atoms with van der Waals surface area (Å²) in [6, 6.07) is 0. The maximum Gasteiger partial charge on any atom is 0.334 e. The maximum atomic E-state index is 12.1. The van der Waals surface area contributed by atoms with Gasteiger partial charge in [0.15, 0.2) is 12.6 Å². The number of carbonyl (C=O) groups is 1. The van der Waals surface area contributed by atoms with Gasteiger partial charge < -0.3 is 54.3 Å². The molecule has 12 nitrogen and oxygen atoms in total. The van der Waals surface area contributed by atoms with Gasteiger partial charge in [0, 0.05) is 12.0 Å². The molecule has 0 bridgehead atoms. The molecule has 9 atom stereocenters. The molecule has 6 N–H and O–H groups in total. The third-order valence-electron chi connectivity index (χ3n) is 7.61. The molecule has 0 amide bonds. The first kappa shape index (κ1) is 29.3. The lowest BCUT2D eigenvalue weighted by Crippen LogP contribution is -2.59. The van der Waals surface area contributed by atoms with Gasteiger partial charge >= 0.3 is 5.97 Å². The second-order valence-corrected chi connectivity index (χ2v) is 10.4. The van der Waals surface area contributed by atoms with Gasteiger partial charge in [-0.15, -0.1) is 0 Å². The summed E-state index contributed by atoms with van der Waals surface area (Å²) in [4.78, 5) is 12.1. The highest BCUT2D eigenvalue weighted by molar-refractivity contribution is 5.91. The minimum Gasteiger partial charge on any atom is -0.454 e. The predicted molar refractivity (Wildman–Crippen MR) is 129 cm³/mol. The van der Waals surface area contributed by atoms with Crippen LogP contribution in [0.25, 0.3) is 0 Å². The molecule has 214 valence electrons. The van der Waals surface area contributed by atoms with E-state index in [-0.39, 0.29) is 31.9 Å². The summed E-state index contributed by atoms with van der Waals surface area (Å²) in [7, 11) is 0. The van der Waals surface area contributed by atoms with Crippen molar-refractivity contribution in [2.45, 2.75) is 94.3 Å². The average Bonchev–Trinajstić information content (AvgIpc) is 3.33. The monoisotopic (exact) mass is 542 g/mol. The van der Waals surface area contributed by atoms with Crippen LogP contribution in [0.2, 0.25) is 0 Å². The lowest BCUT2D eigenvalue weighted by molar-refractivity contribution is -0.307. The molecular weight excluding hydrogens is 504 g/mol. The summed E-state index contributed by atoms with van der Waals surface area (Å²) in [6.45, 7) is 2.39. The Labute approximate surface area is 220 Å². The average molecular weight is 543 g/mol. The Morgan fingerprint density at radius 2 is 1.82 bits per heavy atom. The Morgan fingerprint density at radius 3 is 2.53 bits per heavy atom. The van der Waals surface area contributed by atoms with Crippen LogP contribution in [0.4, 0.5) is 0 Å². The number of aliphatic hydroxyl groups excluding tert-OH is 5. The zero-order valence-electron chi connectivity index (χ0n) is 21.6. The Hall–Kier alpha value is -1.71. The quantitative estimate of drug-likeness (QED) is 0.170. The maximum absolute atomic E-state index is 12.1. The SMILES string of the molecule is CC1=C2C/C=C(\CO[C@H]3O[C@@H](CO[C@H]4OC[C@](O)(CO)[C@H]4O)[C@@H](O)[C@H](O)[C@H]3O)CC/C=C(\C)C[C@@H]2OC1=O. The Bertz CT molecular complexity index is 960. The number of carbonyl (C=O) groups excluding carboxylic acids is 1. The standard InChI is InChI=1S/C26H38O12/c1-13-4-3-5-15(6-7-16-14(2)23(32)37-17(16)8-13)9-34-24-21(30)20(29)19(28)18(38-24)10-35-25-22(31)26(33,11-27)12-36-25/h4,6,17-22,24-25,27-31,33H,3,5,7-12H2,1-2H3/b13-4+,15-6-/t17-,18-,19+,20-,21+,22-,24-,25-,26+/m0/s1. The fourth-order valence-corrected chi connectivity index (χ4v) is 4.98. The van der Waals surface area contributed by atoms with Crippen LogP contribution >= 0.6 is 0 Å². The van der Waals surface area contributed by atoms with E-state index in [2.05, 4.69) is 6.08 Å². The molecule has 38 heavy (non-hydrogen) atoms. The minimum atomic E-state index is -1.87. The van der Waals surface area contributed by atoms with E-state index in [0.717, 1.165) is 23.1 Å². The van der Waals surface area contributed by atoms with Gasteiger partial charge in [-0.3, -0.25) is 0 Å². The Morgan fingerprint density at radius 1 is 1.05 bits per heavy atom. The molecule has 4 rings (SSSR count). The lowest BCUT2D eigenvalue weighted by Gasteiger charge is -2.40. The van der Waals surface area contributed by atoms with E-state index in [9.17, 15) is 35.4 Å². The number of rotatable bonds is 7. The highest BCUT2D eigenvalue weighted by Crippen LogP contribution is 2.32. The second kappa shape index (κ2) is 12.2. The molecule has 0 aromatic rings. The Balaban J connectivity index is 1.38. The van der Waals surface area contributed by atoms with E-state index in [1.54, 1.807) is 6.92 Å². The largest absolute Gasteiger partial charge is 0.454 e. The highest BCUT2D eigenvalue weighted by Gasteiger charge is 2.50. The number of allylic oxidation sites excluding steroid dienone is 2. The highest BCUT2D eigenvalue weighted by atomic mass is 16.7. The molecule has 2 saturated heterocycles. The zero-order valence-corrected chi connectivity index (χ0v) is 21.6. The first-order chi connectivity index (χ1) is 18.0. The molecule has 0 spiro atoms. The fraction of sp³-hybridized carbons (Fsp3) is 0.731.